The van der Waals surface area contributed by atoms with Crippen molar-refractivity contribution in [3.05, 3.63) is 46.4 Å². The molecule has 168 valence electrons. The van der Waals surface area contributed by atoms with Crippen molar-refractivity contribution in [1.29, 1.82) is 0 Å². The fourth-order valence-electron chi connectivity index (χ4n) is 3.59. The van der Waals surface area contributed by atoms with Gasteiger partial charge in [0.15, 0.2) is 0 Å². The Labute approximate surface area is 187 Å². The molecule has 0 aliphatic carbocycles. The number of carbonyl (C=O) groups is 1. The Morgan fingerprint density at radius 3 is 2.71 bits per heavy atom. The first kappa shape index (κ1) is 23.4. The van der Waals surface area contributed by atoms with Gasteiger partial charge in [-0.1, -0.05) is 6.92 Å². The topological polar surface area (TPSA) is 110 Å². The molecule has 1 unspecified atom stereocenters. The number of sulfonamides is 1. The highest BCUT2D eigenvalue weighted by Crippen LogP contribution is 2.22. The molecule has 0 saturated heterocycles. The number of imidazole rings is 1. The number of likely N-dealkylation sites (N-methyl/N-ethyl adjacent to an activating group) is 1. The largest absolute Gasteiger partial charge is 0.354 e. The third-order valence-electron chi connectivity index (χ3n) is 5.19. The Morgan fingerprint density at radius 1 is 1.32 bits per heavy atom. The van der Waals surface area contributed by atoms with Crippen molar-refractivity contribution in [2.45, 2.75) is 43.7 Å². The number of benzene rings is 1. The van der Waals surface area contributed by atoms with E-state index in [0.717, 1.165) is 24.3 Å². The zero-order valence-corrected chi connectivity index (χ0v) is 19.7. The third kappa shape index (κ3) is 5.70. The van der Waals surface area contributed by atoms with Crippen molar-refractivity contribution in [2.75, 3.05) is 20.6 Å². The molecule has 3 aromatic rings. The van der Waals surface area contributed by atoms with E-state index in [1.807, 2.05) is 24.0 Å². The molecule has 8 nitrogen and oxygen atoms in total. The summed E-state index contributed by atoms with van der Waals surface area (Å²) in [5.41, 5.74) is 2.60. The second kappa shape index (κ2) is 9.90. The van der Waals surface area contributed by atoms with Crippen LogP contribution in [0.5, 0.6) is 0 Å². The van der Waals surface area contributed by atoms with Crippen LogP contribution in [0.4, 0.5) is 0 Å². The predicted octanol–water partition coefficient (Wildman–Crippen LogP) is 2.51. The lowest BCUT2D eigenvalue weighted by molar-refractivity contribution is -0.121. The first-order valence-electron chi connectivity index (χ1n) is 10.2. The number of fused-ring (bicyclic) bond motifs is 1. The van der Waals surface area contributed by atoms with Gasteiger partial charge in [-0.25, -0.2) is 18.5 Å². The van der Waals surface area contributed by atoms with E-state index in [1.54, 1.807) is 17.4 Å². The lowest BCUT2D eigenvalue weighted by Crippen LogP contribution is -2.34. The van der Waals surface area contributed by atoms with Crippen molar-refractivity contribution < 1.29 is 13.2 Å². The normalized spacial score (nSPS) is 13.1. The standard InChI is InChI=1S/C21H29N5O3S2/c1-4-10-26-18-6-5-16(31(22,28)29)12-17(18)24-20(26)7-8-21(27)23-13-19(25(2)3)15-9-11-30-14-15/h5-6,9,11-12,14,19H,4,7-8,10,13H2,1-3H3,(H,23,27)(H2,22,28,29). The molecule has 1 aromatic carbocycles. The van der Waals surface area contributed by atoms with E-state index in [0.29, 0.717) is 24.9 Å². The van der Waals surface area contributed by atoms with E-state index in [1.165, 1.54) is 17.7 Å². The maximum atomic E-state index is 12.5. The highest BCUT2D eigenvalue weighted by Gasteiger charge is 2.18. The van der Waals surface area contributed by atoms with Crippen LogP contribution in [0.3, 0.4) is 0 Å². The van der Waals surface area contributed by atoms with E-state index < -0.39 is 10.0 Å². The van der Waals surface area contributed by atoms with Crippen molar-refractivity contribution in [3.63, 3.8) is 0 Å². The minimum absolute atomic E-state index is 0.0357. The number of hydrogen-bond donors (Lipinski definition) is 2. The molecule has 2 heterocycles. The molecule has 3 N–H and O–H groups in total. The molecule has 1 amide bonds. The van der Waals surface area contributed by atoms with Gasteiger partial charge in [0.1, 0.15) is 5.82 Å². The van der Waals surface area contributed by atoms with E-state index in [9.17, 15) is 13.2 Å². The van der Waals surface area contributed by atoms with Gasteiger partial charge in [-0.2, -0.15) is 11.3 Å². The van der Waals surface area contributed by atoms with E-state index in [4.69, 9.17) is 5.14 Å². The molecule has 1 atom stereocenters. The average molecular weight is 464 g/mol. The van der Waals surface area contributed by atoms with Gasteiger partial charge in [0.2, 0.25) is 15.9 Å². The summed E-state index contributed by atoms with van der Waals surface area (Å²) in [5.74, 6) is 0.725. The zero-order valence-electron chi connectivity index (χ0n) is 18.0. The van der Waals surface area contributed by atoms with Gasteiger partial charge in [-0.05, 0) is 61.1 Å². The molecule has 0 aliphatic rings. The monoisotopic (exact) mass is 463 g/mol. The molecule has 10 heteroatoms. The second-order valence-electron chi connectivity index (χ2n) is 7.72. The number of amides is 1. The Kier molecular flexibility index (Phi) is 7.47. The molecule has 0 bridgehead atoms. The molecule has 0 saturated carbocycles. The maximum absolute atomic E-state index is 12.5. The first-order chi connectivity index (χ1) is 14.7. The number of nitrogens with zero attached hydrogens (tertiary/aromatic N) is 3. The molecule has 0 aliphatic heterocycles. The molecular weight excluding hydrogens is 434 g/mol. The Bertz CT molecular complexity index is 1140. The van der Waals surface area contributed by atoms with Crippen LogP contribution in [-0.4, -0.2) is 49.4 Å². The average Bonchev–Trinajstić information content (AvgIpc) is 3.34. The van der Waals surface area contributed by atoms with E-state index >= 15 is 0 Å². The first-order valence-corrected chi connectivity index (χ1v) is 12.7. The molecular formula is C21H29N5O3S2. The van der Waals surface area contributed by atoms with E-state index in [2.05, 4.69) is 33.6 Å². The number of carbonyl (C=O) groups excluding carboxylic acids is 1. The minimum atomic E-state index is -3.79. The number of nitrogens with two attached hydrogens (primary N) is 1. The molecule has 31 heavy (non-hydrogen) atoms. The summed E-state index contributed by atoms with van der Waals surface area (Å²) in [4.78, 5) is 19.2. The molecule has 0 spiro atoms. The van der Waals surface area contributed by atoms with Gasteiger partial charge in [0, 0.05) is 25.9 Å². The highest BCUT2D eigenvalue weighted by atomic mass is 32.2. The number of rotatable bonds is 10. The zero-order chi connectivity index (χ0) is 22.6. The van der Waals surface area contributed by atoms with E-state index in [-0.39, 0.29) is 16.8 Å². The van der Waals surface area contributed by atoms with Crippen LogP contribution in [0, 0.1) is 0 Å². The summed E-state index contributed by atoms with van der Waals surface area (Å²) >= 11 is 1.64. The quantitative estimate of drug-likeness (QED) is 0.480. The van der Waals surface area contributed by atoms with Crippen LogP contribution in [0.15, 0.2) is 39.9 Å². The number of primary sulfonamides is 1. The van der Waals surface area contributed by atoms with Gasteiger partial charge < -0.3 is 14.8 Å². The predicted molar refractivity (Wildman–Crippen MR) is 123 cm³/mol. The summed E-state index contributed by atoms with van der Waals surface area (Å²) in [6.07, 6.45) is 1.67. The minimum Gasteiger partial charge on any atom is -0.354 e. The van der Waals surface area contributed by atoms with Gasteiger partial charge in [0.25, 0.3) is 0 Å². The molecule has 0 fully saturated rings. The fraction of sp³-hybridized carbons (Fsp3) is 0.429. The molecule has 2 aromatic heterocycles. The van der Waals surface area contributed by atoms with Gasteiger partial charge >= 0.3 is 0 Å². The smallest absolute Gasteiger partial charge is 0.238 e. The van der Waals surface area contributed by atoms with Crippen molar-refractivity contribution >= 4 is 38.3 Å². The van der Waals surface area contributed by atoms with Gasteiger partial charge in [-0.3, -0.25) is 4.79 Å². The SMILES string of the molecule is CCCn1c(CCC(=O)NCC(c2ccsc2)N(C)C)nc2cc(S(N)(=O)=O)ccc21. The van der Waals surface area contributed by atoms with Crippen LogP contribution >= 0.6 is 11.3 Å². The van der Waals surface area contributed by atoms with Crippen molar-refractivity contribution in [1.82, 2.24) is 19.8 Å². The van der Waals surface area contributed by atoms with Crippen molar-refractivity contribution in [2.24, 2.45) is 5.14 Å². The molecule has 3 rings (SSSR count). The van der Waals surface area contributed by atoms with Gasteiger partial charge in [0.05, 0.1) is 22.0 Å². The number of aromatic nitrogens is 2. The van der Waals surface area contributed by atoms with Crippen LogP contribution in [0.1, 0.15) is 37.2 Å². The highest BCUT2D eigenvalue weighted by molar-refractivity contribution is 7.89. The number of hydrogen-bond acceptors (Lipinski definition) is 6. The van der Waals surface area contributed by atoms with Crippen LogP contribution < -0.4 is 10.5 Å². The Morgan fingerprint density at radius 2 is 2.10 bits per heavy atom. The maximum Gasteiger partial charge on any atom is 0.238 e. The summed E-state index contributed by atoms with van der Waals surface area (Å²) in [5, 5.41) is 12.4. The number of aryl methyl sites for hydroxylation is 2. The summed E-state index contributed by atoms with van der Waals surface area (Å²) < 4.78 is 25.4. The van der Waals surface area contributed by atoms with Crippen LogP contribution in [-0.2, 0) is 27.8 Å². The number of thiophene rings is 1. The van der Waals surface area contributed by atoms with Gasteiger partial charge in [-0.15, -0.1) is 0 Å². The summed E-state index contributed by atoms with van der Waals surface area (Å²) in [6, 6.07) is 6.90. The van der Waals surface area contributed by atoms with Crippen molar-refractivity contribution in [3.8, 4) is 0 Å². The lowest BCUT2D eigenvalue weighted by Gasteiger charge is -2.24. The summed E-state index contributed by atoms with van der Waals surface area (Å²) in [6.45, 7) is 3.33. The molecule has 0 radical (unpaired) electrons. The Balaban J connectivity index is 1.70. The fourth-order valence-corrected chi connectivity index (χ4v) is 4.83. The third-order valence-corrected chi connectivity index (χ3v) is 6.81. The Hall–Kier alpha value is -2.27. The second-order valence-corrected chi connectivity index (χ2v) is 10.1. The number of nitrogens with one attached hydrogen (secondary N) is 1. The lowest BCUT2D eigenvalue weighted by atomic mass is 10.1. The summed E-state index contributed by atoms with van der Waals surface area (Å²) in [7, 11) is 0.201. The van der Waals surface area contributed by atoms with Crippen LogP contribution in [0.2, 0.25) is 0 Å². The van der Waals surface area contributed by atoms with Crippen LogP contribution in [0.25, 0.3) is 11.0 Å².